The van der Waals surface area contributed by atoms with Crippen LogP contribution in [0.15, 0.2) is 46.9 Å². The number of hydrogen-bond donors (Lipinski definition) is 2. The van der Waals surface area contributed by atoms with Crippen molar-refractivity contribution in [1.82, 2.24) is 0 Å². The van der Waals surface area contributed by atoms with Crippen molar-refractivity contribution in [3.05, 3.63) is 52.5 Å². The smallest absolute Gasteiger partial charge is 0.161 e. The molecule has 0 amide bonds. The first kappa shape index (κ1) is 15.7. The summed E-state index contributed by atoms with van der Waals surface area (Å²) in [5.41, 5.74) is 7.97. The van der Waals surface area contributed by atoms with E-state index in [0.29, 0.717) is 18.0 Å². The van der Waals surface area contributed by atoms with Crippen LogP contribution in [0, 0.1) is 0 Å². The van der Waals surface area contributed by atoms with Crippen LogP contribution in [0.3, 0.4) is 0 Å². The van der Waals surface area contributed by atoms with Gasteiger partial charge in [-0.1, -0.05) is 28.1 Å². The molecule has 2 aromatic carbocycles. The van der Waals surface area contributed by atoms with Crippen LogP contribution in [-0.2, 0) is 0 Å². The quantitative estimate of drug-likeness (QED) is 0.835. The lowest BCUT2D eigenvalue weighted by atomic mass is 10.1. The van der Waals surface area contributed by atoms with Crippen LogP contribution in [0.2, 0.25) is 0 Å². The number of rotatable bonds is 6. The summed E-state index contributed by atoms with van der Waals surface area (Å²) < 4.78 is 11.6. The molecule has 112 valence electrons. The molecule has 21 heavy (non-hydrogen) atoms. The molecule has 5 heteroatoms. The van der Waals surface area contributed by atoms with Gasteiger partial charge in [-0.05, 0) is 35.9 Å². The monoisotopic (exact) mass is 350 g/mol. The summed E-state index contributed by atoms with van der Waals surface area (Å²) in [6, 6.07) is 13.8. The highest BCUT2D eigenvalue weighted by Crippen LogP contribution is 2.31. The minimum absolute atomic E-state index is 0.000828. The van der Waals surface area contributed by atoms with Crippen molar-refractivity contribution in [3.8, 4) is 11.5 Å². The van der Waals surface area contributed by atoms with Crippen LogP contribution >= 0.6 is 15.9 Å². The van der Waals surface area contributed by atoms with Gasteiger partial charge in [-0.2, -0.15) is 0 Å². The molecule has 0 aliphatic rings. The van der Waals surface area contributed by atoms with Gasteiger partial charge in [0, 0.05) is 16.7 Å². The molecule has 0 aromatic heterocycles. The highest BCUT2D eigenvalue weighted by Gasteiger charge is 2.13. The van der Waals surface area contributed by atoms with Gasteiger partial charge >= 0.3 is 0 Å². The number of hydrogen-bond acceptors (Lipinski definition) is 4. The normalized spacial score (nSPS) is 11.8. The number of nitrogens with one attached hydrogen (secondary N) is 1. The molecule has 2 aromatic rings. The largest absolute Gasteiger partial charge is 0.493 e. The van der Waals surface area contributed by atoms with Crippen LogP contribution in [0.25, 0.3) is 0 Å². The second-order valence-electron chi connectivity index (χ2n) is 4.56. The molecule has 4 nitrogen and oxygen atoms in total. The number of methoxy groups -OCH3 is 2. The molecular formula is C16H19BrN2O2. The first-order chi connectivity index (χ1) is 10.2. The van der Waals surface area contributed by atoms with Gasteiger partial charge in [0.05, 0.1) is 20.3 Å². The lowest BCUT2D eigenvalue weighted by Gasteiger charge is -2.20. The standard InChI is InChI=1S/C16H19BrN2O2/c1-20-15-7-6-11(8-16(15)21-2)14(10-18)19-13-5-3-4-12(17)9-13/h3-9,14,19H,10,18H2,1-2H3. The summed E-state index contributed by atoms with van der Waals surface area (Å²) >= 11 is 3.46. The summed E-state index contributed by atoms with van der Waals surface area (Å²) in [7, 11) is 3.25. The summed E-state index contributed by atoms with van der Waals surface area (Å²) in [5, 5.41) is 3.42. The molecular weight excluding hydrogens is 332 g/mol. The second kappa shape index (κ2) is 7.33. The second-order valence-corrected chi connectivity index (χ2v) is 5.47. The third-order valence-corrected chi connectivity index (χ3v) is 3.70. The molecule has 0 radical (unpaired) electrons. The molecule has 1 atom stereocenters. The summed E-state index contributed by atoms with van der Waals surface area (Å²) in [5.74, 6) is 1.41. The van der Waals surface area contributed by atoms with Crippen LogP contribution in [-0.4, -0.2) is 20.8 Å². The SMILES string of the molecule is COc1ccc(C(CN)Nc2cccc(Br)c2)cc1OC. The number of halogens is 1. The van der Waals surface area contributed by atoms with E-state index in [1.54, 1.807) is 14.2 Å². The molecule has 0 heterocycles. The Labute approximate surface area is 133 Å². The average molecular weight is 351 g/mol. The number of nitrogens with two attached hydrogens (primary N) is 1. The predicted molar refractivity (Wildman–Crippen MR) is 89.1 cm³/mol. The van der Waals surface area contributed by atoms with Crippen molar-refractivity contribution < 1.29 is 9.47 Å². The van der Waals surface area contributed by atoms with Gasteiger partial charge in [0.1, 0.15) is 0 Å². The van der Waals surface area contributed by atoms with E-state index in [0.717, 1.165) is 15.7 Å². The minimum atomic E-state index is -0.000828. The van der Waals surface area contributed by atoms with Crippen LogP contribution in [0.1, 0.15) is 11.6 Å². The Morgan fingerprint density at radius 1 is 1.10 bits per heavy atom. The zero-order valence-electron chi connectivity index (χ0n) is 12.1. The molecule has 0 saturated carbocycles. The fraction of sp³-hybridized carbons (Fsp3) is 0.250. The molecule has 0 fully saturated rings. The number of anilines is 1. The van der Waals surface area contributed by atoms with E-state index in [1.165, 1.54) is 0 Å². The van der Waals surface area contributed by atoms with Gasteiger partial charge in [-0.3, -0.25) is 0 Å². The Balaban J connectivity index is 2.25. The predicted octanol–water partition coefficient (Wildman–Crippen LogP) is 3.58. The maximum atomic E-state index is 5.91. The molecule has 1 unspecified atom stereocenters. The molecule has 0 saturated heterocycles. The van der Waals surface area contributed by atoms with Crippen molar-refractivity contribution in [2.45, 2.75) is 6.04 Å². The highest BCUT2D eigenvalue weighted by atomic mass is 79.9. The Morgan fingerprint density at radius 2 is 1.86 bits per heavy atom. The Kier molecular flexibility index (Phi) is 5.47. The van der Waals surface area contributed by atoms with E-state index in [9.17, 15) is 0 Å². The van der Waals surface area contributed by atoms with Gasteiger partial charge < -0.3 is 20.5 Å². The van der Waals surface area contributed by atoms with Crippen LogP contribution in [0.5, 0.6) is 11.5 Å². The van der Waals surface area contributed by atoms with Gasteiger partial charge in [0.25, 0.3) is 0 Å². The highest BCUT2D eigenvalue weighted by molar-refractivity contribution is 9.10. The minimum Gasteiger partial charge on any atom is -0.493 e. The van der Waals surface area contributed by atoms with Gasteiger partial charge in [0.15, 0.2) is 11.5 Å². The molecule has 0 bridgehead atoms. The first-order valence-electron chi connectivity index (χ1n) is 6.62. The van der Waals surface area contributed by atoms with Gasteiger partial charge in [-0.15, -0.1) is 0 Å². The van der Waals surface area contributed by atoms with Crippen molar-refractivity contribution in [3.63, 3.8) is 0 Å². The van der Waals surface area contributed by atoms with E-state index >= 15 is 0 Å². The van der Waals surface area contributed by atoms with Gasteiger partial charge in [-0.25, -0.2) is 0 Å². The molecule has 2 rings (SSSR count). The summed E-state index contributed by atoms with van der Waals surface area (Å²) in [6.45, 7) is 0.474. The lowest BCUT2D eigenvalue weighted by molar-refractivity contribution is 0.354. The Bertz CT molecular complexity index is 605. The topological polar surface area (TPSA) is 56.5 Å². The maximum absolute atomic E-state index is 5.91. The van der Waals surface area contributed by atoms with Crippen LogP contribution < -0.4 is 20.5 Å². The lowest BCUT2D eigenvalue weighted by Crippen LogP contribution is -2.20. The first-order valence-corrected chi connectivity index (χ1v) is 7.41. The van der Waals surface area contributed by atoms with Gasteiger partial charge in [0.2, 0.25) is 0 Å². The molecule has 0 aliphatic carbocycles. The zero-order valence-corrected chi connectivity index (χ0v) is 13.7. The van der Waals surface area contributed by atoms with E-state index in [-0.39, 0.29) is 6.04 Å². The fourth-order valence-corrected chi connectivity index (χ4v) is 2.53. The number of ether oxygens (including phenoxy) is 2. The third kappa shape index (κ3) is 3.89. The van der Waals surface area contributed by atoms with E-state index < -0.39 is 0 Å². The molecule has 3 N–H and O–H groups in total. The summed E-state index contributed by atoms with van der Waals surface area (Å²) in [6.07, 6.45) is 0. The molecule has 0 spiro atoms. The van der Waals surface area contributed by atoms with Crippen molar-refractivity contribution in [2.75, 3.05) is 26.1 Å². The van der Waals surface area contributed by atoms with Crippen molar-refractivity contribution >= 4 is 21.6 Å². The Morgan fingerprint density at radius 3 is 2.48 bits per heavy atom. The average Bonchev–Trinajstić information content (AvgIpc) is 2.52. The Hall–Kier alpha value is -1.72. The zero-order chi connectivity index (χ0) is 15.2. The molecule has 0 aliphatic heterocycles. The maximum Gasteiger partial charge on any atom is 0.161 e. The summed E-state index contributed by atoms with van der Waals surface area (Å²) in [4.78, 5) is 0. The third-order valence-electron chi connectivity index (χ3n) is 3.21. The van der Waals surface area contributed by atoms with E-state index in [2.05, 4.69) is 21.2 Å². The van der Waals surface area contributed by atoms with Crippen LogP contribution in [0.4, 0.5) is 5.69 Å². The number of benzene rings is 2. The fourth-order valence-electron chi connectivity index (χ4n) is 2.13. The van der Waals surface area contributed by atoms with E-state index in [4.69, 9.17) is 15.2 Å². The van der Waals surface area contributed by atoms with Crippen molar-refractivity contribution in [2.24, 2.45) is 5.73 Å². The van der Waals surface area contributed by atoms with E-state index in [1.807, 2.05) is 42.5 Å². The van der Waals surface area contributed by atoms with Crippen molar-refractivity contribution in [1.29, 1.82) is 0 Å².